The fourth-order valence-corrected chi connectivity index (χ4v) is 3.50. The van der Waals surface area contributed by atoms with Crippen LogP contribution in [0.15, 0.2) is 63.0 Å². The standard InChI is InChI=1S/C19H17F2N3O3S/c1-2-23-17(26)12-7-3-5-9-14(12)24(19(23)27)11-16(25)22-13-8-4-6-10-15(13)28-18(20)21/h3-10,18H,2,11H2,1H3,(H,22,25). The Bertz CT molecular complexity index is 1140. The second kappa shape index (κ2) is 8.39. The van der Waals surface area contributed by atoms with Crippen molar-refractivity contribution in [3.63, 3.8) is 0 Å². The van der Waals surface area contributed by atoms with Crippen molar-refractivity contribution in [2.24, 2.45) is 0 Å². The third-order valence-corrected chi connectivity index (χ3v) is 4.92. The third kappa shape index (κ3) is 3.99. The Balaban J connectivity index is 1.97. The highest BCUT2D eigenvalue weighted by molar-refractivity contribution is 7.99. The van der Waals surface area contributed by atoms with Gasteiger partial charge in [0.2, 0.25) is 5.91 Å². The summed E-state index contributed by atoms with van der Waals surface area (Å²) in [6.07, 6.45) is 0. The first-order chi connectivity index (χ1) is 13.4. The molecule has 1 aromatic heterocycles. The molecule has 0 unspecified atom stereocenters. The van der Waals surface area contributed by atoms with Gasteiger partial charge in [-0.3, -0.25) is 18.7 Å². The Morgan fingerprint density at radius 1 is 1.07 bits per heavy atom. The van der Waals surface area contributed by atoms with Crippen molar-refractivity contribution in [2.75, 3.05) is 5.32 Å². The van der Waals surface area contributed by atoms with E-state index in [9.17, 15) is 23.2 Å². The first-order valence-corrected chi connectivity index (χ1v) is 9.36. The summed E-state index contributed by atoms with van der Waals surface area (Å²) in [5, 5.41) is 2.89. The van der Waals surface area contributed by atoms with Crippen molar-refractivity contribution in [3.05, 3.63) is 69.4 Å². The number of anilines is 1. The first-order valence-electron chi connectivity index (χ1n) is 8.48. The van der Waals surface area contributed by atoms with E-state index in [1.165, 1.54) is 16.7 Å². The molecule has 146 valence electrons. The summed E-state index contributed by atoms with van der Waals surface area (Å²) < 4.78 is 27.7. The minimum Gasteiger partial charge on any atom is -0.324 e. The van der Waals surface area contributed by atoms with Crippen LogP contribution in [0, 0.1) is 0 Å². The molecule has 9 heteroatoms. The molecule has 3 aromatic rings. The van der Waals surface area contributed by atoms with E-state index in [4.69, 9.17) is 0 Å². The number of nitrogens with one attached hydrogen (secondary N) is 1. The third-order valence-electron chi connectivity index (χ3n) is 4.13. The molecule has 2 aromatic carbocycles. The van der Waals surface area contributed by atoms with E-state index >= 15 is 0 Å². The average Bonchev–Trinajstić information content (AvgIpc) is 2.67. The molecule has 1 N–H and O–H groups in total. The molecule has 0 aliphatic carbocycles. The van der Waals surface area contributed by atoms with Crippen molar-refractivity contribution < 1.29 is 13.6 Å². The number of para-hydroxylation sites is 2. The predicted molar refractivity (Wildman–Crippen MR) is 105 cm³/mol. The number of hydrogen-bond donors (Lipinski definition) is 1. The van der Waals surface area contributed by atoms with E-state index in [0.29, 0.717) is 22.7 Å². The van der Waals surface area contributed by atoms with Crippen LogP contribution in [0.2, 0.25) is 0 Å². The van der Waals surface area contributed by atoms with Crippen LogP contribution in [0.5, 0.6) is 0 Å². The lowest BCUT2D eigenvalue weighted by molar-refractivity contribution is -0.116. The Morgan fingerprint density at radius 3 is 2.46 bits per heavy atom. The van der Waals surface area contributed by atoms with Gasteiger partial charge in [-0.2, -0.15) is 8.78 Å². The molecular formula is C19H17F2N3O3S. The molecule has 0 spiro atoms. The van der Waals surface area contributed by atoms with Gasteiger partial charge in [0.25, 0.3) is 11.3 Å². The van der Waals surface area contributed by atoms with E-state index in [2.05, 4.69) is 5.32 Å². The van der Waals surface area contributed by atoms with Crippen LogP contribution in [0.1, 0.15) is 6.92 Å². The number of halogens is 2. The number of hydrogen-bond acceptors (Lipinski definition) is 4. The molecular weight excluding hydrogens is 388 g/mol. The predicted octanol–water partition coefficient (Wildman–Crippen LogP) is 3.14. The lowest BCUT2D eigenvalue weighted by Gasteiger charge is -2.14. The number of fused-ring (bicyclic) bond motifs is 1. The minimum absolute atomic E-state index is 0.165. The first kappa shape index (κ1) is 19.8. The number of carbonyl (C=O) groups excluding carboxylic acids is 1. The maximum atomic E-state index is 12.7. The fourth-order valence-electron chi connectivity index (χ4n) is 2.90. The van der Waals surface area contributed by atoms with Crippen molar-refractivity contribution in [3.8, 4) is 0 Å². The molecule has 3 rings (SSSR count). The van der Waals surface area contributed by atoms with E-state index in [1.807, 2.05) is 0 Å². The van der Waals surface area contributed by atoms with Crippen LogP contribution in [0.4, 0.5) is 14.5 Å². The van der Waals surface area contributed by atoms with Gasteiger partial charge in [0, 0.05) is 11.4 Å². The summed E-state index contributed by atoms with van der Waals surface area (Å²) in [6.45, 7) is 1.48. The van der Waals surface area contributed by atoms with Gasteiger partial charge in [0.05, 0.1) is 16.6 Å². The number of benzene rings is 2. The van der Waals surface area contributed by atoms with E-state index < -0.39 is 22.9 Å². The van der Waals surface area contributed by atoms with Crippen LogP contribution < -0.4 is 16.6 Å². The molecule has 0 aliphatic rings. The SMILES string of the molecule is CCn1c(=O)c2ccccc2n(CC(=O)Nc2ccccc2SC(F)F)c1=O. The zero-order valence-corrected chi connectivity index (χ0v) is 15.7. The molecule has 0 aliphatic heterocycles. The second-order valence-corrected chi connectivity index (χ2v) is 6.89. The summed E-state index contributed by atoms with van der Waals surface area (Å²) in [5.74, 6) is -3.19. The quantitative estimate of drug-likeness (QED) is 0.640. The van der Waals surface area contributed by atoms with Crippen LogP contribution in [-0.2, 0) is 17.9 Å². The highest BCUT2D eigenvalue weighted by Crippen LogP contribution is 2.31. The van der Waals surface area contributed by atoms with E-state index in [0.717, 1.165) is 4.57 Å². The molecule has 0 bridgehead atoms. The number of carbonyl (C=O) groups is 1. The van der Waals surface area contributed by atoms with Gasteiger partial charge < -0.3 is 5.32 Å². The van der Waals surface area contributed by atoms with Gasteiger partial charge in [-0.25, -0.2) is 4.79 Å². The summed E-state index contributed by atoms with van der Waals surface area (Å²) >= 11 is 0.325. The van der Waals surface area contributed by atoms with Gasteiger partial charge in [0.15, 0.2) is 0 Å². The van der Waals surface area contributed by atoms with Crippen molar-refractivity contribution in [2.45, 2.75) is 30.7 Å². The Labute approximate surface area is 162 Å². The summed E-state index contributed by atoms with van der Waals surface area (Å²) in [5.41, 5.74) is -0.443. The van der Waals surface area contributed by atoms with Gasteiger partial charge >= 0.3 is 5.69 Å². The monoisotopic (exact) mass is 405 g/mol. The van der Waals surface area contributed by atoms with Gasteiger partial charge in [-0.05, 0) is 31.2 Å². The number of aromatic nitrogens is 2. The highest BCUT2D eigenvalue weighted by atomic mass is 32.2. The molecule has 0 saturated heterocycles. The van der Waals surface area contributed by atoms with Gasteiger partial charge in [-0.15, -0.1) is 0 Å². The second-order valence-electron chi connectivity index (χ2n) is 5.86. The Morgan fingerprint density at radius 2 is 1.75 bits per heavy atom. The molecule has 0 radical (unpaired) electrons. The molecule has 0 fully saturated rings. The molecule has 1 heterocycles. The maximum absolute atomic E-state index is 12.7. The smallest absolute Gasteiger partial charge is 0.324 e. The number of alkyl halides is 2. The lowest BCUT2D eigenvalue weighted by Crippen LogP contribution is -2.41. The number of amides is 1. The normalized spacial score (nSPS) is 11.1. The largest absolute Gasteiger partial charge is 0.331 e. The Hall–Kier alpha value is -2.94. The molecule has 1 amide bonds. The number of rotatable bonds is 6. The number of nitrogens with zero attached hydrogens (tertiary/aromatic N) is 2. The maximum Gasteiger partial charge on any atom is 0.331 e. The van der Waals surface area contributed by atoms with Gasteiger partial charge in [-0.1, -0.05) is 36.0 Å². The van der Waals surface area contributed by atoms with Crippen LogP contribution in [0.25, 0.3) is 10.9 Å². The number of thioether (sulfide) groups is 1. The van der Waals surface area contributed by atoms with Crippen molar-refractivity contribution in [1.82, 2.24) is 9.13 Å². The molecule has 0 atom stereocenters. The molecule has 0 saturated carbocycles. The molecule has 6 nitrogen and oxygen atoms in total. The minimum atomic E-state index is -2.63. The summed E-state index contributed by atoms with van der Waals surface area (Å²) in [4.78, 5) is 37.9. The Kier molecular flexibility index (Phi) is 5.93. The zero-order valence-electron chi connectivity index (χ0n) is 14.9. The topological polar surface area (TPSA) is 73.1 Å². The fraction of sp³-hybridized carbons (Fsp3) is 0.211. The summed E-state index contributed by atoms with van der Waals surface area (Å²) in [6, 6.07) is 12.7. The van der Waals surface area contributed by atoms with Crippen molar-refractivity contribution in [1.29, 1.82) is 0 Å². The van der Waals surface area contributed by atoms with Crippen LogP contribution in [-0.4, -0.2) is 20.8 Å². The average molecular weight is 405 g/mol. The highest BCUT2D eigenvalue weighted by Gasteiger charge is 2.16. The summed E-state index contributed by atoms with van der Waals surface area (Å²) in [7, 11) is 0. The van der Waals surface area contributed by atoms with Crippen molar-refractivity contribution >= 4 is 34.3 Å². The van der Waals surface area contributed by atoms with E-state index in [1.54, 1.807) is 43.3 Å². The molecule has 28 heavy (non-hydrogen) atoms. The van der Waals surface area contributed by atoms with Crippen LogP contribution in [0.3, 0.4) is 0 Å². The van der Waals surface area contributed by atoms with Crippen LogP contribution >= 0.6 is 11.8 Å². The zero-order chi connectivity index (χ0) is 20.3. The van der Waals surface area contributed by atoms with Gasteiger partial charge in [0.1, 0.15) is 6.54 Å². The lowest BCUT2D eigenvalue weighted by atomic mass is 10.2. The van der Waals surface area contributed by atoms with E-state index in [-0.39, 0.29) is 23.7 Å².